The van der Waals surface area contributed by atoms with Crippen LogP contribution in [0.5, 0.6) is 0 Å². The number of ether oxygens (including phenoxy) is 1. The van der Waals surface area contributed by atoms with E-state index in [-0.39, 0.29) is 17.8 Å². The average Bonchev–Trinajstić information content (AvgIpc) is 2.69. The molecule has 2 N–H and O–H groups in total. The van der Waals surface area contributed by atoms with Gasteiger partial charge in [-0.05, 0) is 18.6 Å². The molecule has 1 aromatic rings. The van der Waals surface area contributed by atoms with Crippen LogP contribution >= 0.6 is 15.9 Å². The summed E-state index contributed by atoms with van der Waals surface area (Å²) in [5.74, 6) is -0.0259. The summed E-state index contributed by atoms with van der Waals surface area (Å²) in [5, 5.41) is 0. The number of nitrogens with two attached hydrogens (primary N) is 1. The standard InChI is InChI=1S/C11H13BrFNO/c12-8-2-1-3-9(13)10(8)11(14)7-4-5-15-6-7/h1-3,7,11H,4-6,14H2. The molecule has 0 aliphatic carbocycles. The highest BCUT2D eigenvalue weighted by Gasteiger charge is 2.27. The minimum atomic E-state index is -0.289. The second-order valence-electron chi connectivity index (χ2n) is 3.78. The molecule has 1 fully saturated rings. The summed E-state index contributed by atoms with van der Waals surface area (Å²) in [7, 11) is 0. The lowest BCUT2D eigenvalue weighted by Crippen LogP contribution is -2.23. The number of halogens is 2. The third-order valence-corrected chi connectivity index (χ3v) is 3.50. The van der Waals surface area contributed by atoms with E-state index in [4.69, 9.17) is 10.5 Å². The molecule has 0 spiro atoms. The largest absolute Gasteiger partial charge is 0.381 e. The van der Waals surface area contributed by atoms with E-state index in [9.17, 15) is 4.39 Å². The highest BCUT2D eigenvalue weighted by atomic mass is 79.9. The third kappa shape index (κ3) is 2.22. The van der Waals surface area contributed by atoms with Crippen LogP contribution in [0, 0.1) is 11.7 Å². The fourth-order valence-electron chi connectivity index (χ4n) is 1.90. The molecule has 1 aliphatic rings. The molecule has 1 heterocycles. The molecule has 1 aliphatic heterocycles. The van der Waals surface area contributed by atoms with Crippen molar-refractivity contribution in [3.8, 4) is 0 Å². The van der Waals surface area contributed by atoms with E-state index in [0.29, 0.717) is 12.2 Å². The Kier molecular flexibility index (Phi) is 3.38. The number of rotatable bonds is 2. The molecule has 2 unspecified atom stereocenters. The van der Waals surface area contributed by atoms with Crippen LogP contribution in [0.25, 0.3) is 0 Å². The molecule has 0 bridgehead atoms. The molecule has 15 heavy (non-hydrogen) atoms. The summed E-state index contributed by atoms with van der Waals surface area (Å²) in [5.41, 5.74) is 6.61. The maximum absolute atomic E-state index is 13.6. The van der Waals surface area contributed by atoms with Gasteiger partial charge in [0, 0.05) is 28.6 Å². The zero-order valence-corrected chi connectivity index (χ0v) is 9.84. The van der Waals surface area contributed by atoms with Crippen molar-refractivity contribution in [2.75, 3.05) is 13.2 Å². The Morgan fingerprint density at radius 3 is 2.93 bits per heavy atom. The van der Waals surface area contributed by atoms with Gasteiger partial charge < -0.3 is 10.5 Å². The van der Waals surface area contributed by atoms with Crippen molar-refractivity contribution in [3.05, 3.63) is 34.1 Å². The van der Waals surface area contributed by atoms with Gasteiger partial charge in [-0.2, -0.15) is 0 Å². The van der Waals surface area contributed by atoms with Crippen molar-refractivity contribution >= 4 is 15.9 Å². The molecule has 0 saturated carbocycles. The van der Waals surface area contributed by atoms with Crippen LogP contribution in [0.3, 0.4) is 0 Å². The summed E-state index contributed by atoms with van der Waals surface area (Å²) < 4.78 is 19.6. The van der Waals surface area contributed by atoms with E-state index in [1.807, 2.05) is 6.07 Å². The van der Waals surface area contributed by atoms with Gasteiger partial charge in [0.05, 0.1) is 6.61 Å². The normalized spacial score (nSPS) is 23.0. The van der Waals surface area contributed by atoms with Crippen molar-refractivity contribution in [2.45, 2.75) is 12.5 Å². The van der Waals surface area contributed by atoms with Gasteiger partial charge in [-0.3, -0.25) is 0 Å². The Labute approximate surface area is 96.7 Å². The highest BCUT2D eigenvalue weighted by molar-refractivity contribution is 9.10. The van der Waals surface area contributed by atoms with Gasteiger partial charge in [-0.15, -0.1) is 0 Å². The third-order valence-electron chi connectivity index (χ3n) is 2.81. The Hall–Kier alpha value is -0.450. The topological polar surface area (TPSA) is 35.2 Å². The van der Waals surface area contributed by atoms with Crippen LogP contribution in [-0.2, 0) is 4.74 Å². The zero-order chi connectivity index (χ0) is 10.8. The first-order valence-electron chi connectivity index (χ1n) is 4.97. The molecule has 0 aromatic heterocycles. The first-order chi connectivity index (χ1) is 7.20. The van der Waals surface area contributed by atoms with E-state index >= 15 is 0 Å². The van der Waals surface area contributed by atoms with Gasteiger partial charge in [0.15, 0.2) is 0 Å². The first kappa shape index (κ1) is 11.0. The molecular formula is C11H13BrFNO. The monoisotopic (exact) mass is 273 g/mol. The molecule has 0 radical (unpaired) electrons. The molecule has 2 atom stereocenters. The Balaban J connectivity index is 2.27. The van der Waals surface area contributed by atoms with Gasteiger partial charge in [-0.1, -0.05) is 22.0 Å². The van der Waals surface area contributed by atoms with E-state index < -0.39 is 0 Å². The van der Waals surface area contributed by atoms with Crippen molar-refractivity contribution < 1.29 is 9.13 Å². The molecule has 1 aromatic carbocycles. The van der Waals surface area contributed by atoms with Gasteiger partial charge >= 0.3 is 0 Å². The van der Waals surface area contributed by atoms with Crippen molar-refractivity contribution in [1.29, 1.82) is 0 Å². The maximum atomic E-state index is 13.6. The van der Waals surface area contributed by atoms with Crippen LogP contribution in [0.2, 0.25) is 0 Å². The van der Waals surface area contributed by atoms with Gasteiger partial charge in [0.2, 0.25) is 0 Å². The fraction of sp³-hybridized carbons (Fsp3) is 0.455. The number of hydrogen-bond acceptors (Lipinski definition) is 2. The SMILES string of the molecule is NC(c1c(F)cccc1Br)C1CCOC1. The van der Waals surface area contributed by atoms with E-state index in [1.54, 1.807) is 6.07 Å². The molecule has 0 amide bonds. The minimum Gasteiger partial charge on any atom is -0.381 e. The van der Waals surface area contributed by atoms with Crippen molar-refractivity contribution in [3.63, 3.8) is 0 Å². The Bertz CT molecular complexity index is 332. The molecule has 1 saturated heterocycles. The summed E-state index contributed by atoms with van der Waals surface area (Å²) in [6.07, 6.45) is 0.905. The van der Waals surface area contributed by atoms with Crippen LogP contribution in [0.15, 0.2) is 22.7 Å². The van der Waals surface area contributed by atoms with Crippen molar-refractivity contribution in [2.24, 2.45) is 11.7 Å². The predicted octanol–water partition coefficient (Wildman–Crippen LogP) is 2.62. The highest BCUT2D eigenvalue weighted by Crippen LogP contribution is 2.32. The van der Waals surface area contributed by atoms with Gasteiger partial charge in [-0.25, -0.2) is 4.39 Å². The molecule has 4 heteroatoms. The molecular weight excluding hydrogens is 261 g/mol. The van der Waals surface area contributed by atoms with Crippen LogP contribution < -0.4 is 5.73 Å². The molecule has 2 rings (SSSR count). The summed E-state index contributed by atoms with van der Waals surface area (Å²) in [4.78, 5) is 0. The number of benzene rings is 1. The quantitative estimate of drug-likeness (QED) is 0.899. The van der Waals surface area contributed by atoms with Gasteiger partial charge in [0.25, 0.3) is 0 Å². The lowest BCUT2D eigenvalue weighted by Gasteiger charge is -2.19. The Morgan fingerprint density at radius 2 is 2.33 bits per heavy atom. The lowest BCUT2D eigenvalue weighted by atomic mass is 9.93. The maximum Gasteiger partial charge on any atom is 0.129 e. The van der Waals surface area contributed by atoms with Crippen LogP contribution in [0.1, 0.15) is 18.0 Å². The smallest absolute Gasteiger partial charge is 0.129 e. The van der Waals surface area contributed by atoms with E-state index in [1.165, 1.54) is 6.07 Å². The van der Waals surface area contributed by atoms with Crippen molar-refractivity contribution in [1.82, 2.24) is 0 Å². The lowest BCUT2D eigenvalue weighted by molar-refractivity contribution is 0.180. The predicted molar refractivity (Wildman–Crippen MR) is 60.0 cm³/mol. The Morgan fingerprint density at radius 1 is 1.53 bits per heavy atom. The summed E-state index contributed by atoms with van der Waals surface area (Å²) >= 11 is 3.33. The second-order valence-corrected chi connectivity index (χ2v) is 4.64. The summed E-state index contributed by atoms with van der Waals surface area (Å²) in [6, 6.07) is 4.63. The minimum absolute atomic E-state index is 0.221. The first-order valence-corrected chi connectivity index (χ1v) is 5.76. The number of hydrogen-bond donors (Lipinski definition) is 1. The van der Waals surface area contributed by atoms with E-state index in [2.05, 4.69) is 15.9 Å². The van der Waals surface area contributed by atoms with Crippen LogP contribution in [-0.4, -0.2) is 13.2 Å². The average molecular weight is 274 g/mol. The van der Waals surface area contributed by atoms with E-state index in [0.717, 1.165) is 17.5 Å². The summed E-state index contributed by atoms with van der Waals surface area (Å²) in [6.45, 7) is 1.35. The van der Waals surface area contributed by atoms with Crippen LogP contribution in [0.4, 0.5) is 4.39 Å². The zero-order valence-electron chi connectivity index (χ0n) is 8.25. The second kappa shape index (κ2) is 4.60. The van der Waals surface area contributed by atoms with Gasteiger partial charge in [0.1, 0.15) is 5.82 Å². The molecule has 82 valence electrons. The fourth-order valence-corrected chi connectivity index (χ4v) is 2.51. The molecule has 2 nitrogen and oxygen atoms in total.